The molecule has 8 heteroatoms. The number of β-amino-alcohol motifs (C(OH)–C–C–N with tert-alkyl or cyclic N) is 1. The molecule has 0 saturated carbocycles. The van der Waals surface area contributed by atoms with E-state index < -0.39 is 15.6 Å². The molecule has 0 spiro atoms. The van der Waals surface area contributed by atoms with E-state index in [1.165, 1.54) is 7.11 Å². The van der Waals surface area contributed by atoms with Gasteiger partial charge in [-0.2, -0.15) is 0 Å². The second-order valence-electron chi connectivity index (χ2n) is 6.34. The number of aliphatic hydroxyl groups is 1. The van der Waals surface area contributed by atoms with Crippen molar-refractivity contribution in [3.8, 4) is 0 Å². The van der Waals surface area contributed by atoms with Crippen LogP contribution in [0.25, 0.3) is 0 Å². The predicted octanol–water partition coefficient (Wildman–Crippen LogP) is 2.74. The van der Waals surface area contributed by atoms with Crippen LogP contribution in [0.3, 0.4) is 0 Å². The molecule has 2 aromatic rings. The minimum Gasteiger partial charge on any atom is -0.380 e. The number of hydrogen-bond donors (Lipinski definition) is 1. The topological polar surface area (TPSA) is 79.2 Å². The second kappa shape index (κ2) is 7.59. The Morgan fingerprint density at radius 3 is 2.37 bits per heavy atom. The van der Waals surface area contributed by atoms with E-state index in [-0.39, 0.29) is 23.8 Å². The average Bonchev–Trinajstić information content (AvgIpc) is 3.00. The highest BCUT2D eigenvalue weighted by atomic mass is 35.5. The maximum Gasteiger partial charge on any atom is 0.199 e. The summed E-state index contributed by atoms with van der Waals surface area (Å²) in [6.07, 6.45) is 0. The third-order valence-electron chi connectivity index (χ3n) is 4.35. The van der Waals surface area contributed by atoms with Crippen molar-refractivity contribution in [1.82, 2.24) is 0 Å². The molecule has 1 atom stereocenters. The molecule has 6 nitrogen and oxygen atoms in total. The Labute approximate surface area is 164 Å². The summed E-state index contributed by atoms with van der Waals surface area (Å²) in [7, 11) is -1.78. The first-order chi connectivity index (χ1) is 12.8. The largest absolute Gasteiger partial charge is 0.380 e. The van der Waals surface area contributed by atoms with E-state index in [1.54, 1.807) is 43.3 Å². The molecular formula is C19H21ClN2O4S. The fourth-order valence-electron chi connectivity index (χ4n) is 2.96. The first kappa shape index (κ1) is 19.8. The molecule has 0 bridgehead atoms. The van der Waals surface area contributed by atoms with Crippen LogP contribution in [-0.2, 0) is 14.6 Å². The molecular weight excluding hydrogens is 388 g/mol. The highest BCUT2D eigenvalue weighted by molar-refractivity contribution is 7.91. The first-order valence-electron chi connectivity index (χ1n) is 8.45. The number of hydrogen-bond acceptors (Lipinski definition) is 6. The van der Waals surface area contributed by atoms with Crippen LogP contribution in [0.2, 0.25) is 5.02 Å². The first-order valence-corrected chi connectivity index (χ1v) is 10.5. The Morgan fingerprint density at radius 1 is 1.19 bits per heavy atom. The van der Waals surface area contributed by atoms with Gasteiger partial charge in [0.1, 0.15) is 5.84 Å². The highest BCUT2D eigenvalue weighted by Gasteiger charge is 2.38. The van der Waals surface area contributed by atoms with Crippen LogP contribution < -0.4 is 4.90 Å². The Kier molecular flexibility index (Phi) is 5.58. The molecule has 1 unspecified atom stereocenters. The smallest absolute Gasteiger partial charge is 0.199 e. The summed E-state index contributed by atoms with van der Waals surface area (Å²) < 4.78 is 29.2. The summed E-state index contributed by atoms with van der Waals surface area (Å²) in [4.78, 5) is 6.58. The lowest BCUT2D eigenvalue weighted by Gasteiger charge is -2.24. The molecule has 0 aliphatic carbocycles. The molecule has 1 N–H and O–H groups in total. The van der Waals surface area contributed by atoms with Crippen LogP contribution in [0.4, 0.5) is 5.69 Å². The van der Waals surface area contributed by atoms with Crippen molar-refractivity contribution in [3.63, 3.8) is 0 Å². The van der Waals surface area contributed by atoms with Gasteiger partial charge in [-0.1, -0.05) is 18.5 Å². The van der Waals surface area contributed by atoms with Crippen LogP contribution in [-0.4, -0.2) is 51.1 Å². The number of halogens is 1. The summed E-state index contributed by atoms with van der Waals surface area (Å²) in [6.45, 7) is 1.87. The summed E-state index contributed by atoms with van der Waals surface area (Å²) >= 11 is 5.98. The maximum absolute atomic E-state index is 12.0. The molecule has 1 aliphatic heterocycles. The fourth-order valence-corrected chi connectivity index (χ4v) is 3.97. The molecule has 0 amide bonds. The normalized spacial score (nSPS) is 20.0. The van der Waals surface area contributed by atoms with Gasteiger partial charge in [0.15, 0.2) is 15.6 Å². The van der Waals surface area contributed by atoms with Crippen LogP contribution in [0.1, 0.15) is 12.5 Å². The van der Waals surface area contributed by atoms with Crippen molar-refractivity contribution in [2.45, 2.75) is 17.5 Å². The Bertz CT molecular complexity index is 943. The number of methoxy groups -OCH3 is 1. The number of benzene rings is 2. The van der Waals surface area contributed by atoms with Gasteiger partial charge in [-0.15, -0.1) is 0 Å². The van der Waals surface area contributed by atoms with E-state index in [4.69, 9.17) is 16.3 Å². The highest BCUT2D eigenvalue weighted by Crippen LogP contribution is 2.29. The minimum atomic E-state index is -3.28. The SMILES string of the molecule is CCS(=O)(=O)c1ccc(C2=NC(O)(COC)CN2c2ccc(Cl)cc2)cc1. The van der Waals surface area contributed by atoms with Crippen LogP contribution >= 0.6 is 11.6 Å². The van der Waals surface area contributed by atoms with Gasteiger partial charge in [0.25, 0.3) is 0 Å². The van der Waals surface area contributed by atoms with Crippen LogP contribution in [0.15, 0.2) is 58.4 Å². The zero-order valence-corrected chi connectivity index (χ0v) is 16.7. The molecule has 0 aromatic heterocycles. The Balaban J connectivity index is 2.01. The summed E-state index contributed by atoms with van der Waals surface area (Å²) in [6, 6.07) is 13.7. The van der Waals surface area contributed by atoms with E-state index in [1.807, 2.05) is 17.0 Å². The van der Waals surface area contributed by atoms with Gasteiger partial charge in [0.05, 0.1) is 23.8 Å². The monoisotopic (exact) mass is 408 g/mol. The quantitative estimate of drug-likeness (QED) is 0.795. The number of amidine groups is 1. The maximum atomic E-state index is 12.0. The number of aliphatic imine (C=N–C) groups is 1. The second-order valence-corrected chi connectivity index (χ2v) is 9.06. The van der Waals surface area contributed by atoms with E-state index in [2.05, 4.69) is 4.99 Å². The molecule has 0 saturated heterocycles. The summed E-state index contributed by atoms with van der Waals surface area (Å²) in [5, 5.41) is 11.4. The van der Waals surface area contributed by atoms with Gasteiger partial charge >= 0.3 is 0 Å². The minimum absolute atomic E-state index is 0.0395. The lowest BCUT2D eigenvalue weighted by molar-refractivity contribution is -0.0110. The molecule has 1 heterocycles. The van der Waals surface area contributed by atoms with E-state index in [0.717, 1.165) is 5.69 Å². The molecule has 2 aromatic carbocycles. The van der Waals surface area contributed by atoms with Gasteiger partial charge in [-0.25, -0.2) is 13.4 Å². The molecule has 27 heavy (non-hydrogen) atoms. The zero-order valence-electron chi connectivity index (χ0n) is 15.1. The predicted molar refractivity (Wildman–Crippen MR) is 106 cm³/mol. The van der Waals surface area contributed by atoms with E-state index >= 15 is 0 Å². The number of rotatable bonds is 6. The van der Waals surface area contributed by atoms with Gasteiger partial charge < -0.3 is 14.7 Å². The van der Waals surface area contributed by atoms with Crippen molar-refractivity contribution in [3.05, 3.63) is 59.1 Å². The summed E-state index contributed by atoms with van der Waals surface area (Å²) in [5.74, 6) is 0.579. The lowest BCUT2D eigenvalue weighted by Crippen LogP contribution is -2.39. The zero-order chi connectivity index (χ0) is 19.7. The Hall–Kier alpha value is -1.93. The molecule has 3 rings (SSSR count). The van der Waals surface area contributed by atoms with Crippen molar-refractivity contribution in [2.24, 2.45) is 4.99 Å². The van der Waals surface area contributed by atoms with Crippen molar-refractivity contribution < 1.29 is 18.3 Å². The molecule has 1 aliphatic rings. The third kappa shape index (κ3) is 4.16. The fraction of sp³-hybridized carbons (Fsp3) is 0.316. The number of anilines is 1. The van der Waals surface area contributed by atoms with Gasteiger partial charge in [0.2, 0.25) is 0 Å². The molecule has 144 valence electrons. The number of sulfone groups is 1. The van der Waals surface area contributed by atoms with Gasteiger partial charge in [-0.05, 0) is 48.5 Å². The molecule has 0 fully saturated rings. The van der Waals surface area contributed by atoms with Crippen molar-refractivity contribution >= 4 is 33.0 Å². The molecule has 0 radical (unpaired) electrons. The van der Waals surface area contributed by atoms with E-state index in [0.29, 0.717) is 16.4 Å². The third-order valence-corrected chi connectivity index (χ3v) is 6.35. The van der Waals surface area contributed by atoms with Crippen molar-refractivity contribution in [1.29, 1.82) is 0 Å². The Morgan fingerprint density at radius 2 is 1.81 bits per heavy atom. The average molecular weight is 409 g/mol. The van der Waals surface area contributed by atoms with Gasteiger partial charge in [-0.3, -0.25) is 0 Å². The van der Waals surface area contributed by atoms with Crippen molar-refractivity contribution in [2.75, 3.05) is 30.9 Å². The van der Waals surface area contributed by atoms with E-state index in [9.17, 15) is 13.5 Å². The standard InChI is InChI=1S/C19H21ClN2O4S/c1-3-27(24,25)17-10-4-14(5-11-17)18-21-19(23,13-26-2)12-22(18)16-8-6-15(20)7-9-16/h4-11,23H,3,12-13H2,1-2H3. The summed E-state index contributed by atoms with van der Waals surface area (Å²) in [5.41, 5.74) is 0.125. The van der Waals surface area contributed by atoms with Crippen LogP contribution in [0, 0.1) is 0 Å². The van der Waals surface area contributed by atoms with Crippen LogP contribution in [0.5, 0.6) is 0 Å². The lowest BCUT2D eigenvalue weighted by atomic mass is 10.1. The number of ether oxygens (including phenoxy) is 1. The number of nitrogens with zero attached hydrogens (tertiary/aromatic N) is 2. The van der Waals surface area contributed by atoms with Gasteiger partial charge in [0, 0.05) is 23.4 Å².